The maximum atomic E-state index is 12.7. The Morgan fingerprint density at radius 2 is 1.95 bits per heavy atom. The summed E-state index contributed by atoms with van der Waals surface area (Å²) in [6.45, 7) is 1.45. The normalized spacial score (nSPS) is 16.1. The van der Waals surface area contributed by atoms with Crippen LogP contribution >= 0.6 is 0 Å². The van der Waals surface area contributed by atoms with Crippen LogP contribution in [0.1, 0.15) is 33.5 Å². The summed E-state index contributed by atoms with van der Waals surface area (Å²) in [5.41, 5.74) is 4.67. The van der Waals surface area contributed by atoms with Crippen molar-refractivity contribution < 1.29 is 9.53 Å². The van der Waals surface area contributed by atoms with Gasteiger partial charge in [-0.2, -0.15) is 0 Å². The van der Waals surface area contributed by atoms with Crippen LogP contribution in [-0.4, -0.2) is 12.3 Å². The van der Waals surface area contributed by atoms with Crippen LogP contribution in [0.5, 0.6) is 5.75 Å². The van der Waals surface area contributed by atoms with Gasteiger partial charge in [0, 0.05) is 28.9 Å². The van der Waals surface area contributed by atoms with E-state index in [9.17, 15) is 4.79 Å². The van der Waals surface area contributed by atoms with Gasteiger partial charge >= 0.3 is 0 Å². The summed E-state index contributed by atoms with van der Waals surface area (Å²) in [4.78, 5) is 12.7. The molecule has 1 N–H and O–H groups in total. The molecule has 0 amide bonds. The molecule has 100 valence electrons. The largest absolute Gasteiger partial charge is 0.488 e. The summed E-state index contributed by atoms with van der Waals surface area (Å²) in [7, 11) is 0. The van der Waals surface area contributed by atoms with Crippen molar-refractivity contribution in [3.8, 4) is 5.75 Å². The SMILES string of the molecule is O=C1c2ccccc2COc2c1ccc1c2CCCN1. The number of ketones is 1. The van der Waals surface area contributed by atoms with Gasteiger partial charge in [0.15, 0.2) is 5.78 Å². The van der Waals surface area contributed by atoms with Gasteiger partial charge < -0.3 is 10.1 Å². The highest BCUT2D eigenvalue weighted by Crippen LogP contribution is 2.37. The van der Waals surface area contributed by atoms with Crippen LogP contribution in [0.15, 0.2) is 36.4 Å². The van der Waals surface area contributed by atoms with Crippen molar-refractivity contribution in [2.75, 3.05) is 11.9 Å². The smallest absolute Gasteiger partial charge is 0.197 e. The number of ether oxygens (including phenoxy) is 1. The maximum absolute atomic E-state index is 12.7. The zero-order valence-electron chi connectivity index (χ0n) is 11.1. The molecule has 2 aromatic rings. The lowest BCUT2D eigenvalue weighted by atomic mass is 9.94. The molecule has 2 aromatic carbocycles. The first-order valence-electron chi connectivity index (χ1n) is 7.00. The molecule has 0 spiro atoms. The Kier molecular flexibility index (Phi) is 2.52. The van der Waals surface area contributed by atoms with E-state index in [1.807, 2.05) is 36.4 Å². The molecule has 0 saturated heterocycles. The molecule has 0 fully saturated rings. The third-order valence-electron chi connectivity index (χ3n) is 4.06. The Morgan fingerprint density at radius 1 is 1.05 bits per heavy atom. The number of anilines is 1. The number of hydrogen-bond acceptors (Lipinski definition) is 3. The van der Waals surface area contributed by atoms with Crippen molar-refractivity contribution >= 4 is 11.5 Å². The number of nitrogens with one attached hydrogen (secondary N) is 1. The van der Waals surface area contributed by atoms with Crippen molar-refractivity contribution in [2.24, 2.45) is 0 Å². The van der Waals surface area contributed by atoms with Crippen LogP contribution in [0, 0.1) is 0 Å². The fraction of sp³-hybridized carbons (Fsp3) is 0.235. The zero-order chi connectivity index (χ0) is 13.5. The quantitative estimate of drug-likeness (QED) is 0.795. The van der Waals surface area contributed by atoms with Gasteiger partial charge in [-0.3, -0.25) is 4.79 Å². The third-order valence-corrected chi connectivity index (χ3v) is 4.06. The molecule has 0 radical (unpaired) electrons. The number of carbonyl (C=O) groups is 1. The van der Waals surface area contributed by atoms with Crippen LogP contribution in [0.2, 0.25) is 0 Å². The first-order valence-corrected chi connectivity index (χ1v) is 7.00. The second kappa shape index (κ2) is 4.37. The van der Waals surface area contributed by atoms with E-state index in [0.29, 0.717) is 12.2 Å². The van der Waals surface area contributed by atoms with Crippen molar-refractivity contribution in [1.82, 2.24) is 0 Å². The average molecular weight is 265 g/mol. The van der Waals surface area contributed by atoms with Gasteiger partial charge in [0.25, 0.3) is 0 Å². The molecule has 2 heterocycles. The fourth-order valence-electron chi connectivity index (χ4n) is 3.04. The Morgan fingerprint density at radius 3 is 2.90 bits per heavy atom. The second-order valence-electron chi connectivity index (χ2n) is 5.27. The summed E-state index contributed by atoms with van der Waals surface area (Å²) in [6.07, 6.45) is 2.04. The first kappa shape index (κ1) is 11.5. The van der Waals surface area contributed by atoms with E-state index in [1.165, 1.54) is 0 Å². The topological polar surface area (TPSA) is 38.3 Å². The lowest BCUT2D eigenvalue weighted by molar-refractivity contribution is 0.103. The molecule has 0 bridgehead atoms. The van der Waals surface area contributed by atoms with Crippen LogP contribution in [-0.2, 0) is 13.0 Å². The van der Waals surface area contributed by atoms with Crippen LogP contribution in [0.4, 0.5) is 5.69 Å². The molecule has 2 aliphatic rings. The molecular weight excluding hydrogens is 250 g/mol. The summed E-state index contributed by atoms with van der Waals surface area (Å²) >= 11 is 0. The molecule has 0 atom stereocenters. The molecule has 2 aliphatic heterocycles. The highest BCUT2D eigenvalue weighted by atomic mass is 16.5. The predicted molar refractivity (Wildman–Crippen MR) is 77.5 cm³/mol. The molecule has 4 rings (SSSR count). The van der Waals surface area contributed by atoms with Crippen molar-refractivity contribution in [1.29, 1.82) is 0 Å². The van der Waals surface area contributed by atoms with Gasteiger partial charge in [-0.25, -0.2) is 0 Å². The third kappa shape index (κ3) is 1.63. The van der Waals surface area contributed by atoms with Crippen LogP contribution < -0.4 is 10.1 Å². The monoisotopic (exact) mass is 265 g/mol. The van der Waals surface area contributed by atoms with Crippen LogP contribution in [0.3, 0.4) is 0 Å². The zero-order valence-corrected chi connectivity index (χ0v) is 11.1. The van der Waals surface area contributed by atoms with E-state index in [0.717, 1.165) is 47.5 Å². The van der Waals surface area contributed by atoms with Gasteiger partial charge in [0.1, 0.15) is 12.4 Å². The molecule has 3 heteroatoms. The predicted octanol–water partition coefficient (Wildman–Crippen LogP) is 3.17. The number of benzene rings is 2. The number of fused-ring (bicyclic) bond motifs is 4. The molecule has 0 saturated carbocycles. The number of rotatable bonds is 0. The summed E-state index contributed by atoms with van der Waals surface area (Å²) in [5.74, 6) is 0.845. The van der Waals surface area contributed by atoms with Gasteiger partial charge in [0.05, 0.1) is 5.56 Å². The summed E-state index contributed by atoms with van der Waals surface area (Å²) < 4.78 is 5.98. The maximum Gasteiger partial charge on any atom is 0.197 e. The fourth-order valence-corrected chi connectivity index (χ4v) is 3.04. The van der Waals surface area contributed by atoms with E-state index >= 15 is 0 Å². The standard InChI is InChI=1S/C17H15NO2/c19-16-12-5-2-1-4-11(12)10-20-17-13-6-3-9-18-15(13)8-7-14(16)17/h1-2,4-5,7-8,18H,3,6,9-10H2. The second-order valence-corrected chi connectivity index (χ2v) is 5.27. The lowest BCUT2D eigenvalue weighted by Gasteiger charge is -2.21. The van der Waals surface area contributed by atoms with Gasteiger partial charge in [-0.15, -0.1) is 0 Å². The molecule has 3 nitrogen and oxygen atoms in total. The lowest BCUT2D eigenvalue weighted by Crippen LogP contribution is -2.14. The first-order chi connectivity index (χ1) is 9.84. The Labute approximate surface area is 117 Å². The van der Waals surface area contributed by atoms with E-state index in [2.05, 4.69) is 5.32 Å². The highest BCUT2D eigenvalue weighted by molar-refractivity contribution is 6.12. The highest BCUT2D eigenvalue weighted by Gasteiger charge is 2.26. The van der Waals surface area contributed by atoms with Crippen molar-refractivity contribution in [3.63, 3.8) is 0 Å². The van der Waals surface area contributed by atoms with E-state index < -0.39 is 0 Å². The number of carbonyl (C=O) groups excluding carboxylic acids is 1. The van der Waals surface area contributed by atoms with E-state index in [4.69, 9.17) is 4.74 Å². The van der Waals surface area contributed by atoms with Gasteiger partial charge in [-0.05, 0) is 25.0 Å². The van der Waals surface area contributed by atoms with Gasteiger partial charge in [0.2, 0.25) is 0 Å². The van der Waals surface area contributed by atoms with Gasteiger partial charge in [-0.1, -0.05) is 24.3 Å². The minimum atomic E-state index is 0.0708. The molecule has 0 aromatic heterocycles. The Hall–Kier alpha value is -2.29. The molecular formula is C17H15NO2. The molecule has 0 aliphatic carbocycles. The Balaban J connectivity index is 1.91. The number of hydrogen-bond donors (Lipinski definition) is 1. The summed E-state index contributed by atoms with van der Waals surface area (Å²) in [6, 6.07) is 11.6. The van der Waals surface area contributed by atoms with Crippen molar-refractivity contribution in [2.45, 2.75) is 19.4 Å². The van der Waals surface area contributed by atoms with Crippen LogP contribution in [0.25, 0.3) is 0 Å². The van der Waals surface area contributed by atoms with E-state index in [-0.39, 0.29) is 5.78 Å². The Bertz CT molecular complexity index is 706. The minimum absolute atomic E-state index is 0.0708. The van der Waals surface area contributed by atoms with E-state index in [1.54, 1.807) is 0 Å². The summed E-state index contributed by atoms with van der Waals surface area (Å²) in [5, 5.41) is 3.38. The molecule has 0 unspecified atom stereocenters. The average Bonchev–Trinajstić information content (AvgIpc) is 2.65. The molecule has 20 heavy (non-hydrogen) atoms. The van der Waals surface area contributed by atoms with Crippen molar-refractivity contribution in [3.05, 3.63) is 58.7 Å². The minimum Gasteiger partial charge on any atom is -0.488 e.